The maximum atomic E-state index is 12.4. The molecule has 104 valence electrons. The van der Waals surface area contributed by atoms with Gasteiger partial charge < -0.3 is 9.90 Å². The van der Waals surface area contributed by atoms with Crippen molar-refractivity contribution in [2.75, 3.05) is 4.90 Å². The summed E-state index contributed by atoms with van der Waals surface area (Å²) in [6.07, 6.45) is 0. The minimum atomic E-state index is -1.38. The van der Waals surface area contributed by atoms with E-state index in [9.17, 15) is 19.5 Å². The molecule has 5 nitrogen and oxygen atoms in total. The van der Waals surface area contributed by atoms with Crippen LogP contribution in [0.4, 0.5) is 5.69 Å². The summed E-state index contributed by atoms with van der Waals surface area (Å²) in [6.45, 7) is 0. The lowest BCUT2D eigenvalue weighted by Crippen LogP contribution is -2.29. The van der Waals surface area contributed by atoms with Crippen LogP contribution in [0.25, 0.3) is 0 Å². The van der Waals surface area contributed by atoms with Gasteiger partial charge in [0.1, 0.15) is 0 Å². The number of rotatable bonds is 2. The Morgan fingerprint density at radius 3 is 2.19 bits per heavy atom. The van der Waals surface area contributed by atoms with Crippen LogP contribution in [-0.4, -0.2) is 17.8 Å². The van der Waals surface area contributed by atoms with Gasteiger partial charge in [0.15, 0.2) is 0 Å². The molecule has 2 aromatic carbocycles. The van der Waals surface area contributed by atoms with Gasteiger partial charge in [0, 0.05) is 3.57 Å². The van der Waals surface area contributed by atoms with Gasteiger partial charge in [-0.3, -0.25) is 9.59 Å². The van der Waals surface area contributed by atoms with Gasteiger partial charge in [-0.25, -0.2) is 4.90 Å². The molecule has 0 aliphatic carbocycles. The topological polar surface area (TPSA) is 77.5 Å². The highest BCUT2D eigenvalue weighted by Crippen LogP contribution is 2.29. The second-order valence-corrected chi connectivity index (χ2v) is 5.72. The number of carboxylic acids is 1. The minimum absolute atomic E-state index is 0.0836. The number of halogens is 1. The summed E-state index contributed by atoms with van der Waals surface area (Å²) >= 11 is 2.12. The van der Waals surface area contributed by atoms with Crippen LogP contribution >= 0.6 is 22.6 Å². The number of amides is 2. The van der Waals surface area contributed by atoms with Gasteiger partial charge in [0.25, 0.3) is 11.8 Å². The van der Waals surface area contributed by atoms with E-state index >= 15 is 0 Å². The number of carbonyl (C=O) groups excluding carboxylic acids is 3. The van der Waals surface area contributed by atoms with Crippen LogP contribution in [-0.2, 0) is 0 Å². The summed E-state index contributed by atoms with van der Waals surface area (Å²) in [4.78, 5) is 36.6. The molecule has 0 unspecified atom stereocenters. The van der Waals surface area contributed by atoms with Gasteiger partial charge in [0.2, 0.25) is 0 Å². The van der Waals surface area contributed by atoms with E-state index in [4.69, 9.17) is 0 Å². The van der Waals surface area contributed by atoms with Crippen LogP contribution < -0.4 is 10.0 Å². The van der Waals surface area contributed by atoms with E-state index in [1.165, 1.54) is 18.2 Å². The van der Waals surface area contributed by atoms with Crippen molar-refractivity contribution < 1.29 is 19.5 Å². The summed E-state index contributed by atoms with van der Waals surface area (Å²) in [7, 11) is 0. The number of carbonyl (C=O) groups is 3. The summed E-state index contributed by atoms with van der Waals surface area (Å²) in [5.41, 5.74) is 0.611. The highest BCUT2D eigenvalue weighted by Gasteiger charge is 2.36. The Bertz CT molecular complexity index is 783. The highest BCUT2D eigenvalue weighted by atomic mass is 127. The molecule has 0 spiro atoms. The van der Waals surface area contributed by atoms with E-state index in [1.54, 1.807) is 24.3 Å². The van der Waals surface area contributed by atoms with Gasteiger partial charge in [-0.1, -0.05) is 6.07 Å². The van der Waals surface area contributed by atoms with Crippen LogP contribution in [0.5, 0.6) is 0 Å². The molecule has 2 amide bonds. The van der Waals surface area contributed by atoms with Crippen molar-refractivity contribution in [3.63, 3.8) is 0 Å². The van der Waals surface area contributed by atoms with Crippen molar-refractivity contribution in [1.29, 1.82) is 0 Å². The number of hydrogen-bond donors (Lipinski definition) is 0. The zero-order valence-electron chi connectivity index (χ0n) is 10.5. The largest absolute Gasteiger partial charge is 0.545 e. The van der Waals surface area contributed by atoms with Crippen molar-refractivity contribution in [2.45, 2.75) is 0 Å². The predicted molar refractivity (Wildman–Crippen MR) is 81.1 cm³/mol. The molecule has 0 saturated heterocycles. The average molecular weight is 392 g/mol. The Labute approximate surface area is 133 Å². The second kappa shape index (κ2) is 4.96. The highest BCUT2D eigenvalue weighted by molar-refractivity contribution is 14.1. The predicted octanol–water partition coefficient (Wildman–Crippen LogP) is 1.46. The first-order valence-electron chi connectivity index (χ1n) is 5.99. The number of benzene rings is 2. The lowest BCUT2D eigenvalue weighted by atomic mass is 10.1. The van der Waals surface area contributed by atoms with Crippen molar-refractivity contribution in [3.05, 3.63) is 62.7 Å². The third-order valence-electron chi connectivity index (χ3n) is 3.21. The molecule has 6 heteroatoms. The monoisotopic (exact) mass is 392 g/mol. The molecule has 0 radical (unpaired) electrons. The summed E-state index contributed by atoms with van der Waals surface area (Å²) in [5, 5.41) is 10.9. The first kappa shape index (κ1) is 13.7. The molecule has 0 saturated carbocycles. The zero-order valence-corrected chi connectivity index (χ0v) is 12.7. The number of carboxylic acid groups (broad SMARTS) is 1. The number of nitrogens with zero attached hydrogens (tertiary/aromatic N) is 1. The molecule has 1 aliphatic heterocycles. The van der Waals surface area contributed by atoms with Crippen molar-refractivity contribution in [2.24, 2.45) is 0 Å². The SMILES string of the molecule is O=C([O-])c1ccc2c(c1)C(=O)N(c1ccc(I)cc1)C2=O. The van der Waals surface area contributed by atoms with Crippen LogP contribution in [0.15, 0.2) is 42.5 Å². The maximum absolute atomic E-state index is 12.4. The minimum Gasteiger partial charge on any atom is -0.545 e. The third kappa shape index (κ3) is 2.21. The molecule has 3 rings (SSSR count). The number of aromatic carboxylic acids is 1. The van der Waals surface area contributed by atoms with Crippen LogP contribution in [0.2, 0.25) is 0 Å². The molecule has 0 aromatic heterocycles. The molecule has 21 heavy (non-hydrogen) atoms. The van der Waals surface area contributed by atoms with Crippen molar-refractivity contribution in [3.8, 4) is 0 Å². The second-order valence-electron chi connectivity index (χ2n) is 4.47. The standard InChI is InChI=1S/C15H8INO4/c16-9-2-4-10(5-3-9)17-13(18)11-6-1-8(15(20)21)7-12(11)14(17)19/h1-7H,(H,20,21)/p-1. The summed E-state index contributed by atoms with van der Waals surface area (Å²) < 4.78 is 0.979. The summed E-state index contributed by atoms with van der Waals surface area (Å²) in [6, 6.07) is 10.7. The molecular formula is C15H7INO4-. The molecular weight excluding hydrogens is 385 g/mol. The lowest BCUT2D eigenvalue weighted by molar-refractivity contribution is -0.255. The first-order valence-corrected chi connectivity index (χ1v) is 7.06. The Morgan fingerprint density at radius 1 is 0.952 bits per heavy atom. The molecule has 0 fully saturated rings. The fourth-order valence-electron chi connectivity index (χ4n) is 2.19. The van der Waals surface area contributed by atoms with Crippen molar-refractivity contribution >= 4 is 46.1 Å². The molecule has 0 bridgehead atoms. The van der Waals surface area contributed by atoms with Gasteiger partial charge >= 0.3 is 0 Å². The van der Waals surface area contributed by atoms with Gasteiger partial charge in [-0.15, -0.1) is 0 Å². The molecule has 0 atom stereocenters. The molecule has 1 heterocycles. The Kier molecular flexibility index (Phi) is 3.25. The van der Waals surface area contributed by atoms with Gasteiger partial charge in [-0.2, -0.15) is 0 Å². The van der Waals surface area contributed by atoms with E-state index in [1.807, 2.05) is 0 Å². The Morgan fingerprint density at radius 2 is 1.57 bits per heavy atom. The van der Waals surface area contributed by atoms with Crippen LogP contribution in [0.1, 0.15) is 31.1 Å². The maximum Gasteiger partial charge on any atom is 0.266 e. The Hall–Kier alpha value is -2.22. The molecule has 0 N–H and O–H groups in total. The van der Waals surface area contributed by atoms with Crippen LogP contribution in [0, 0.1) is 3.57 Å². The zero-order chi connectivity index (χ0) is 15.1. The van der Waals surface area contributed by atoms with Gasteiger partial charge in [-0.05, 0) is 64.6 Å². The Balaban J connectivity index is 2.08. The number of imide groups is 1. The normalized spacial score (nSPS) is 13.5. The lowest BCUT2D eigenvalue weighted by Gasteiger charge is -2.13. The third-order valence-corrected chi connectivity index (χ3v) is 3.93. The van der Waals surface area contributed by atoms with E-state index in [0.717, 1.165) is 8.47 Å². The van der Waals surface area contributed by atoms with Crippen molar-refractivity contribution in [1.82, 2.24) is 0 Å². The molecule has 1 aliphatic rings. The van der Waals surface area contributed by atoms with E-state index in [2.05, 4.69) is 22.6 Å². The van der Waals surface area contributed by atoms with E-state index < -0.39 is 17.8 Å². The summed E-state index contributed by atoms with van der Waals surface area (Å²) in [5.74, 6) is -2.37. The van der Waals surface area contributed by atoms with E-state index in [-0.39, 0.29) is 16.7 Å². The fourth-order valence-corrected chi connectivity index (χ4v) is 2.55. The van der Waals surface area contributed by atoms with Gasteiger partial charge in [0.05, 0.1) is 22.8 Å². The number of fused-ring (bicyclic) bond motifs is 1. The van der Waals surface area contributed by atoms with E-state index in [0.29, 0.717) is 5.69 Å². The van der Waals surface area contributed by atoms with Crippen LogP contribution in [0.3, 0.4) is 0 Å². The fraction of sp³-hybridized carbons (Fsp3) is 0. The number of hydrogen-bond acceptors (Lipinski definition) is 4. The molecule has 2 aromatic rings. The first-order chi connectivity index (χ1) is 9.99. The quantitative estimate of drug-likeness (QED) is 0.573. The smallest absolute Gasteiger partial charge is 0.266 e. The number of anilines is 1. The average Bonchev–Trinajstić information content (AvgIpc) is 2.72.